The Balaban J connectivity index is 2.24. The van der Waals surface area contributed by atoms with Crippen molar-refractivity contribution in [3.8, 4) is 0 Å². The summed E-state index contributed by atoms with van der Waals surface area (Å²) in [7, 11) is 0. The fourth-order valence-electron chi connectivity index (χ4n) is 2.85. The van der Waals surface area contributed by atoms with Crippen molar-refractivity contribution in [1.82, 2.24) is 10.2 Å². The van der Waals surface area contributed by atoms with E-state index >= 15 is 0 Å². The number of hydrogen-bond donors (Lipinski definition) is 1. The molecule has 2 aromatic rings. The Hall–Kier alpha value is -2.33. The predicted octanol–water partition coefficient (Wildman–Crippen LogP) is 4.13. The van der Waals surface area contributed by atoms with Gasteiger partial charge in [-0.3, -0.25) is 9.59 Å². The van der Waals surface area contributed by atoms with Crippen LogP contribution in [0.4, 0.5) is 0 Å². The third kappa shape index (κ3) is 6.10. The maximum absolute atomic E-state index is 13.1. The minimum absolute atomic E-state index is 0.0174. The molecule has 0 aliphatic rings. The van der Waals surface area contributed by atoms with Crippen LogP contribution in [0.2, 0.25) is 5.02 Å². The first-order chi connectivity index (χ1) is 12.8. The standard InChI is InChI=1S/C22H27ClN2O2/c1-15(2)24-22(27)17(4)25(14-18-9-11-20(23)12-10-18)21(26)13-19-8-6-5-7-16(19)3/h5-12,15,17H,13-14H2,1-4H3,(H,24,27)/t17-/m0/s1. The summed E-state index contributed by atoms with van der Waals surface area (Å²) >= 11 is 5.96. The Morgan fingerprint density at radius 2 is 1.67 bits per heavy atom. The zero-order valence-electron chi connectivity index (χ0n) is 16.3. The summed E-state index contributed by atoms with van der Waals surface area (Å²) in [6.45, 7) is 7.92. The van der Waals surface area contributed by atoms with Gasteiger partial charge in [-0.15, -0.1) is 0 Å². The third-order valence-corrected chi connectivity index (χ3v) is 4.72. The van der Waals surface area contributed by atoms with Gasteiger partial charge in [-0.05, 0) is 56.5 Å². The lowest BCUT2D eigenvalue weighted by molar-refractivity contribution is -0.140. The molecule has 0 spiro atoms. The van der Waals surface area contributed by atoms with Crippen molar-refractivity contribution in [2.75, 3.05) is 0 Å². The number of amides is 2. The molecule has 2 aromatic carbocycles. The number of carbonyl (C=O) groups is 2. The smallest absolute Gasteiger partial charge is 0.242 e. The van der Waals surface area contributed by atoms with Gasteiger partial charge in [-0.1, -0.05) is 48.0 Å². The van der Waals surface area contributed by atoms with Crippen LogP contribution < -0.4 is 5.32 Å². The molecule has 144 valence electrons. The van der Waals surface area contributed by atoms with Crippen molar-refractivity contribution < 1.29 is 9.59 Å². The molecule has 0 heterocycles. The quantitative estimate of drug-likeness (QED) is 0.777. The monoisotopic (exact) mass is 386 g/mol. The Morgan fingerprint density at radius 1 is 1.04 bits per heavy atom. The number of aryl methyl sites for hydroxylation is 1. The molecule has 5 heteroatoms. The molecular weight excluding hydrogens is 360 g/mol. The van der Waals surface area contributed by atoms with Gasteiger partial charge in [0.15, 0.2) is 0 Å². The van der Waals surface area contributed by atoms with E-state index in [4.69, 9.17) is 11.6 Å². The number of hydrogen-bond acceptors (Lipinski definition) is 2. The summed E-state index contributed by atoms with van der Waals surface area (Å²) < 4.78 is 0. The van der Waals surface area contributed by atoms with Gasteiger partial charge in [0.2, 0.25) is 11.8 Å². The SMILES string of the molecule is Cc1ccccc1CC(=O)N(Cc1ccc(Cl)cc1)[C@@H](C)C(=O)NC(C)C. The lowest BCUT2D eigenvalue weighted by atomic mass is 10.0. The fourth-order valence-corrected chi connectivity index (χ4v) is 2.97. The van der Waals surface area contributed by atoms with Crippen molar-refractivity contribution in [1.29, 1.82) is 0 Å². The Morgan fingerprint density at radius 3 is 2.26 bits per heavy atom. The van der Waals surface area contributed by atoms with E-state index in [0.29, 0.717) is 11.6 Å². The molecule has 0 aliphatic carbocycles. The van der Waals surface area contributed by atoms with Crippen molar-refractivity contribution in [3.05, 3.63) is 70.2 Å². The van der Waals surface area contributed by atoms with Crippen LogP contribution in [0.25, 0.3) is 0 Å². The van der Waals surface area contributed by atoms with Gasteiger partial charge >= 0.3 is 0 Å². The molecule has 1 N–H and O–H groups in total. The van der Waals surface area contributed by atoms with Gasteiger partial charge in [-0.25, -0.2) is 0 Å². The van der Waals surface area contributed by atoms with Crippen LogP contribution in [0.3, 0.4) is 0 Å². The van der Waals surface area contributed by atoms with Gasteiger partial charge in [0.1, 0.15) is 6.04 Å². The molecule has 0 saturated heterocycles. The number of rotatable bonds is 7. The second-order valence-corrected chi connectivity index (χ2v) is 7.53. The maximum atomic E-state index is 13.1. The van der Waals surface area contributed by atoms with Crippen molar-refractivity contribution >= 4 is 23.4 Å². The fraction of sp³-hybridized carbons (Fsp3) is 0.364. The molecule has 1 atom stereocenters. The highest BCUT2D eigenvalue weighted by molar-refractivity contribution is 6.30. The molecule has 0 saturated carbocycles. The lowest BCUT2D eigenvalue weighted by Gasteiger charge is -2.29. The first-order valence-electron chi connectivity index (χ1n) is 9.16. The van der Waals surface area contributed by atoms with Crippen LogP contribution in [0.1, 0.15) is 37.5 Å². The van der Waals surface area contributed by atoms with E-state index in [0.717, 1.165) is 16.7 Å². The van der Waals surface area contributed by atoms with Crippen molar-refractivity contribution in [2.24, 2.45) is 0 Å². The van der Waals surface area contributed by atoms with E-state index in [9.17, 15) is 9.59 Å². The Labute approximate surface area is 166 Å². The number of benzene rings is 2. The van der Waals surface area contributed by atoms with Crippen LogP contribution in [0.5, 0.6) is 0 Å². The molecule has 0 aliphatic heterocycles. The molecule has 4 nitrogen and oxygen atoms in total. The average molecular weight is 387 g/mol. The van der Waals surface area contributed by atoms with Crippen LogP contribution >= 0.6 is 11.6 Å². The minimum Gasteiger partial charge on any atom is -0.352 e. The van der Waals surface area contributed by atoms with E-state index in [-0.39, 0.29) is 24.3 Å². The topological polar surface area (TPSA) is 49.4 Å². The maximum Gasteiger partial charge on any atom is 0.242 e. The summed E-state index contributed by atoms with van der Waals surface area (Å²) in [4.78, 5) is 27.3. The van der Waals surface area contributed by atoms with Gasteiger partial charge < -0.3 is 10.2 Å². The number of nitrogens with zero attached hydrogens (tertiary/aromatic N) is 1. The van der Waals surface area contributed by atoms with Crippen LogP contribution in [-0.2, 0) is 22.6 Å². The van der Waals surface area contributed by atoms with E-state index < -0.39 is 6.04 Å². The average Bonchev–Trinajstić information content (AvgIpc) is 2.62. The molecule has 0 bridgehead atoms. The van der Waals surface area contributed by atoms with Crippen molar-refractivity contribution in [2.45, 2.75) is 52.7 Å². The van der Waals surface area contributed by atoms with E-state index in [2.05, 4.69) is 5.32 Å². The first kappa shape index (κ1) is 21.0. The molecule has 2 amide bonds. The summed E-state index contributed by atoms with van der Waals surface area (Å²) in [6, 6.07) is 14.6. The van der Waals surface area contributed by atoms with Gasteiger partial charge in [0, 0.05) is 17.6 Å². The third-order valence-electron chi connectivity index (χ3n) is 4.47. The van der Waals surface area contributed by atoms with Gasteiger partial charge in [-0.2, -0.15) is 0 Å². The second-order valence-electron chi connectivity index (χ2n) is 7.09. The van der Waals surface area contributed by atoms with E-state index in [1.165, 1.54) is 0 Å². The molecular formula is C22H27ClN2O2. The highest BCUT2D eigenvalue weighted by Crippen LogP contribution is 2.16. The normalized spacial score (nSPS) is 11.9. The number of halogens is 1. The molecule has 0 fully saturated rings. The zero-order valence-corrected chi connectivity index (χ0v) is 17.1. The molecule has 0 aromatic heterocycles. The Bertz CT molecular complexity index is 787. The van der Waals surface area contributed by atoms with Gasteiger partial charge in [0.05, 0.1) is 6.42 Å². The highest BCUT2D eigenvalue weighted by atomic mass is 35.5. The highest BCUT2D eigenvalue weighted by Gasteiger charge is 2.26. The summed E-state index contributed by atoms with van der Waals surface area (Å²) in [5.41, 5.74) is 2.97. The first-order valence-corrected chi connectivity index (χ1v) is 9.54. The second kappa shape index (κ2) is 9.56. The Kier molecular flexibility index (Phi) is 7.43. The van der Waals surface area contributed by atoms with Crippen LogP contribution in [0, 0.1) is 6.92 Å². The van der Waals surface area contributed by atoms with E-state index in [1.54, 1.807) is 24.0 Å². The largest absolute Gasteiger partial charge is 0.352 e. The molecule has 27 heavy (non-hydrogen) atoms. The lowest BCUT2D eigenvalue weighted by Crippen LogP contribution is -2.49. The summed E-state index contributed by atoms with van der Waals surface area (Å²) in [6.07, 6.45) is 0.263. The van der Waals surface area contributed by atoms with E-state index in [1.807, 2.05) is 57.2 Å². The summed E-state index contributed by atoms with van der Waals surface area (Å²) in [5.74, 6) is -0.234. The van der Waals surface area contributed by atoms with Crippen LogP contribution in [-0.4, -0.2) is 28.8 Å². The number of carbonyl (C=O) groups excluding carboxylic acids is 2. The number of nitrogens with one attached hydrogen (secondary N) is 1. The molecule has 2 rings (SSSR count). The predicted molar refractivity (Wildman–Crippen MR) is 110 cm³/mol. The van der Waals surface area contributed by atoms with Crippen molar-refractivity contribution in [3.63, 3.8) is 0 Å². The minimum atomic E-state index is -0.570. The summed E-state index contributed by atoms with van der Waals surface area (Å²) in [5, 5.41) is 3.53. The van der Waals surface area contributed by atoms with Gasteiger partial charge in [0.25, 0.3) is 0 Å². The zero-order chi connectivity index (χ0) is 20.0. The molecule has 0 unspecified atom stereocenters. The van der Waals surface area contributed by atoms with Crippen LogP contribution in [0.15, 0.2) is 48.5 Å². The molecule has 0 radical (unpaired) electrons.